The van der Waals surface area contributed by atoms with Crippen molar-refractivity contribution >= 4 is 43.5 Å². The van der Waals surface area contributed by atoms with Crippen molar-refractivity contribution < 1.29 is 27.5 Å². The summed E-state index contributed by atoms with van der Waals surface area (Å²) in [6, 6.07) is 25.7. The minimum atomic E-state index is -4.33. The minimum Gasteiger partial charge on any atom is -0.493 e. The van der Waals surface area contributed by atoms with Crippen LogP contribution in [0.1, 0.15) is 35.6 Å². The number of nitrogens with zero attached hydrogens (tertiary/aromatic N) is 2. The van der Waals surface area contributed by atoms with Crippen LogP contribution in [0.25, 0.3) is 0 Å². The van der Waals surface area contributed by atoms with Crippen molar-refractivity contribution in [3.8, 4) is 11.5 Å². The highest BCUT2D eigenvalue weighted by molar-refractivity contribution is 9.10. The van der Waals surface area contributed by atoms with Gasteiger partial charge in [0.05, 0.1) is 24.8 Å². The summed E-state index contributed by atoms with van der Waals surface area (Å²) in [5.74, 6) is -0.244. The molecule has 0 heterocycles. The van der Waals surface area contributed by atoms with Gasteiger partial charge in [0.1, 0.15) is 12.6 Å². The number of carbonyl (C=O) groups is 2. The van der Waals surface area contributed by atoms with Crippen LogP contribution in [0.3, 0.4) is 0 Å². The average Bonchev–Trinajstić information content (AvgIpc) is 3.07. The van der Waals surface area contributed by atoms with Crippen LogP contribution in [0.4, 0.5) is 5.69 Å². The van der Waals surface area contributed by atoms with E-state index in [-0.39, 0.29) is 29.5 Å². The molecule has 0 bridgehead atoms. The monoisotopic (exact) mass is 735 g/mol. The van der Waals surface area contributed by atoms with Gasteiger partial charge in [-0.3, -0.25) is 13.9 Å². The van der Waals surface area contributed by atoms with Gasteiger partial charge in [0.2, 0.25) is 11.8 Å². The van der Waals surface area contributed by atoms with E-state index in [4.69, 9.17) is 9.47 Å². The molecule has 2 amide bonds. The zero-order valence-corrected chi connectivity index (χ0v) is 30.3. The Morgan fingerprint density at radius 3 is 2.08 bits per heavy atom. The fourth-order valence-electron chi connectivity index (χ4n) is 5.43. The molecule has 4 rings (SSSR count). The van der Waals surface area contributed by atoms with Gasteiger partial charge in [0.25, 0.3) is 10.0 Å². The molecule has 254 valence electrons. The van der Waals surface area contributed by atoms with Gasteiger partial charge in [-0.15, -0.1) is 0 Å². The van der Waals surface area contributed by atoms with Crippen molar-refractivity contribution in [3.05, 3.63) is 118 Å². The van der Waals surface area contributed by atoms with Crippen LogP contribution < -0.4 is 19.1 Å². The summed E-state index contributed by atoms with van der Waals surface area (Å²) in [5.41, 5.74) is 3.64. The summed E-state index contributed by atoms with van der Waals surface area (Å²) in [5, 5.41) is 2.96. The van der Waals surface area contributed by atoms with E-state index in [1.54, 1.807) is 12.1 Å². The number of halogens is 1. The molecule has 1 atom stereocenters. The van der Waals surface area contributed by atoms with E-state index in [0.29, 0.717) is 24.4 Å². The minimum absolute atomic E-state index is 0.0758. The number of hydrogen-bond donors (Lipinski definition) is 1. The van der Waals surface area contributed by atoms with Gasteiger partial charge in [-0.25, -0.2) is 8.42 Å². The van der Waals surface area contributed by atoms with Gasteiger partial charge in [-0.1, -0.05) is 71.4 Å². The van der Waals surface area contributed by atoms with Crippen LogP contribution in [0, 0.1) is 13.8 Å². The molecule has 9 nitrogen and oxygen atoms in total. The third-order valence-electron chi connectivity index (χ3n) is 7.80. The number of nitrogens with one attached hydrogen (secondary N) is 1. The normalized spacial score (nSPS) is 11.8. The fraction of sp³-hybridized carbons (Fsp3) is 0.297. The second-order valence-corrected chi connectivity index (χ2v) is 14.3. The SMILES string of the molecule is CCCNC(=O)C(Cc1ccccc1)N(Cc1ccc(Br)cc1)C(=O)CN(c1cc(C)cc(C)c1)S(=O)(=O)c1ccc(OC)c(OC)c1. The summed E-state index contributed by atoms with van der Waals surface area (Å²) < 4.78 is 41.7. The number of benzene rings is 4. The number of amides is 2. The van der Waals surface area contributed by atoms with Crippen molar-refractivity contribution in [2.75, 3.05) is 31.6 Å². The van der Waals surface area contributed by atoms with E-state index in [9.17, 15) is 18.0 Å². The molecule has 1 unspecified atom stereocenters. The number of anilines is 1. The van der Waals surface area contributed by atoms with Crippen LogP contribution >= 0.6 is 15.9 Å². The fourth-order valence-corrected chi connectivity index (χ4v) is 7.11. The predicted molar refractivity (Wildman–Crippen MR) is 192 cm³/mol. The van der Waals surface area contributed by atoms with Crippen LogP contribution in [0.2, 0.25) is 0 Å². The van der Waals surface area contributed by atoms with E-state index >= 15 is 0 Å². The van der Waals surface area contributed by atoms with Crippen molar-refractivity contribution in [3.63, 3.8) is 0 Å². The maximum atomic E-state index is 14.7. The van der Waals surface area contributed by atoms with Crippen LogP contribution in [0.15, 0.2) is 100 Å². The van der Waals surface area contributed by atoms with Crippen LogP contribution in [0.5, 0.6) is 11.5 Å². The first-order chi connectivity index (χ1) is 23.0. The third kappa shape index (κ3) is 9.17. The van der Waals surface area contributed by atoms with Crippen molar-refractivity contribution in [1.29, 1.82) is 0 Å². The topological polar surface area (TPSA) is 105 Å². The molecular formula is C37H42BrN3O6S. The number of aryl methyl sites for hydroxylation is 2. The Morgan fingerprint density at radius 1 is 0.833 bits per heavy atom. The van der Waals surface area contributed by atoms with Crippen LogP contribution in [-0.4, -0.2) is 58.5 Å². The highest BCUT2D eigenvalue weighted by Gasteiger charge is 2.35. The molecule has 0 aliphatic rings. The van der Waals surface area contributed by atoms with E-state index in [0.717, 1.165) is 31.0 Å². The zero-order valence-electron chi connectivity index (χ0n) is 27.9. The summed E-state index contributed by atoms with van der Waals surface area (Å²) in [6.45, 7) is 5.66. The van der Waals surface area contributed by atoms with E-state index in [2.05, 4.69) is 21.2 Å². The lowest BCUT2D eigenvalue weighted by Gasteiger charge is -2.34. The standard InChI is InChI=1S/C37H42BrN3O6S/c1-6-18-39-37(43)33(22-28-10-8-7-9-11-28)40(24-29-12-14-30(38)15-13-29)36(42)25-41(31-20-26(2)19-27(3)21-31)48(44,45)32-16-17-34(46-4)35(23-32)47-5/h7-17,19-21,23,33H,6,18,22,24-25H2,1-5H3,(H,39,43). The third-order valence-corrected chi connectivity index (χ3v) is 10.1. The molecule has 48 heavy (non-hydrogen) atoms. The number of sulfonamides is 1. The van der Waals surface area contributed by atoms with Crippen molar-refractivity contribution in [2.45, 2.75) is 51.1 Å². The Balaban J connectivity index is 1.84. The molecule has 0 aliphatic heterocycles. The highest BCUT2D eigenvalue weighted by Crippen LogP contribution is 2.33. The van der Waals surface area contributed by atoms with Crippen molar-refractivity contribution in [2.24, 2.45) is 0 Å². The Bertz CT molecular complexity index is 1800. The molecule has 0 aromatic heterocycles. The first kappa shape index (κ1) is 36.5. The summed E-state index contributed by atoms with van der Waals surface area (Å²) >= 11 is 3.46. The predicted octanol–water partition coefficient (Wildman–Crippen LogP) is 6.44. The quantitative estimate of drug-likeness (QED) is 0.151. The van der Waals surface area contributed by atoms with E-state index < -0.39 is 28.5 Å². The average molecular weight is 737 g/mol. The lowest BCUT2D eigenvalue weighted by Crippen LogP contribution is -2.53. The van der Waals surface area contributed by atoms with Gasteiger partial charge in [-0.2, -0.15) is 0 Å². The second-order valence-electron chi connectivity index (χ2n) is 11.5. The molecule has 0 spiro atoms. The van der Waals surface area contributed by atoms with Crippen molar-refractivity contribution in [1.82, 2.24) is 10.2 Å². The molecule has 0 saturated carbocycles. The Hall–Kier alpha value is -4.35. The Kier molecular flexibility index (Phi) is 12.7. The Labute approximate surface area is 292 Å². The summed E-state index contributed by atoms with van der Waals surface area (Å²) in [6.07, 6.45) is 0.957. The van der Waals surface area contributed by atoms with Gasteiger partial charge in [0, 0.05) is 30.0 Å². The first-order valence-corrected chi connectivity index (χ1v) is 17.9. The number of ether oxygens (including phenoxy) is 2. The number of carbonyl (C=O) groups excluding carboxylic acids is 2. The second kappa shape index (κ2) is 16.7. The molecular weight excluding hydrogens is 694 g/mol. The molecule has 0 aliphatic carbocycles. The molecule has 4 aromatic rings. The lowest BCUT2D eigenvalue weighted by atomic mass is 10.0. The molecule has 0 saturated heterocycles. The molecule has 11 heteroatoms. The smallest absolute Gasteiger partial charge is 0.264 e. The number of methoxy groups -OCH3 is 2. The van der Waals surface area contributed by atoms with Gasteiger partial charge in [-0.05, 0) is 78.9 Å². The molecule has 1 N–H and O–H groups in total. The number of rotatable bonds is 15. The Morgan fingerprint density at radius 2 is 1.48 bits per heavy atom. The zero-order chi connectivity index (χ0) is 34.8. The molecule has 0 fully saturated rings. The lowest BCUT2D eigenvalue weighted by molar-refractivity contribution is -0.140. The van der Waals surface area contributed by atoms with Gasteiger partial charge >= 0.3 is 0 Å². The van der Waals surface area contributed by atoms with Crippen LogP contribution in [-0.2, 0) is 32.6 Å². The maximum Gasteiger partial charge on any atom is 0.264 e. The summed E-state index contributed by atoms with van der Waals surface area (Å²) in [4.78, 5) is 29.9. The largest absolute Gasteiger partial charge is 0.493 e. The van der Waals surface area contributed by atoms with E-state index in [1.807, 2.05) is 81.4 Å². The van der Waals surface area contributed by atoms with Gasteiger partial charge < -0.3 is 19.7 Å². The maximum absolute atomic E-state index is 14.7. The molecule has 0 radical (unpaired) electrons. The highest BCUT2D eigenvalue weighted by atomic mass is 79.9. The van der Waals surface area contributed by atoms with E-state index in [1.165, 1.54) is 37.3 Å². The summed E-state index contributed by atoms with van der Waals surface area (Å²) in [7, 11) is -1.43. The molecule has 4 aromatic carbocycles. The first-order valence-electron chi connectivity index (χ1n) is 15.7. The number of hydrogen-bond acceptors (Lipinski definition) is 6. The van der Waals surface area contributed by atoms with Gasteiger partial charge in [0.15, 0.2) is 11.5 Å².